The Bertz CT molecular complexity index is 1740. The quantitative estimate of drug-likeness (QED) is 0.236. The number of ether oxygens (including phenoxy) is 1. The van der Waals surface area contributed by atoms with Crippen LogP contribution in [0.5, 0.6) is 5.75 Å². The predicted octanol–water partition coefficient (Wildman–Crippen LogP) is 6.36. The van der Waals surface area contributed by atoms with E-state index in [1.165, 1.54) is 9.82 Å². The summed E-state index contributed by atoms with van der Waals surface area (Å²) in [5, 5.41) is 5.15. The first-order chi connectivity index (χ1) is 18.8. The normalized spacial score (nSPS) is 11.6. The molecule has 1 heterocycles. The molecule has 0 unspecified atom stereocenters. The molecule has 5 aromatic rings. The molecule has 0 aliphatic rings. The maximum atomic E-state index is 13.2. The van der Waals surface area contributed by atoms with Crippen LogP contribution >= 0.6 is 0 Å². The van der Waals surface area contributed by atoms with Crippen molar-refractivity contribution in [2.75, 3.05) is 22.8 Å². The summed E-state index contributed by atoms with van der Waals surface area (Å²) in [6.45, 7) is 6.79. The molecule has 0 spiro atoms. The second-order valence-corrected chi connectivity index (χ2v) is 11.2. The van der Waals surface area contributed by atoms with Crippen molar-refractivity contribution in [1.29, 1.82) is 0 Å². The van der Waals surface area contributed by atoms with Crippen molar-refractivity contribution in [2.45, 2.75) is 32.2 Å². The smallest absolute Gasteiger partial charge is 0.264 e. The average molecular weight is 542 g/mol. The first-order valence-electron chi connectivity index (χ1n) is 12.9. The van der Waals surface area contributed by atoms with Crippen molar-refractivity contribution >= 4 is 49.1 Å². The van der Waals surface area contributed by atoms with Crippen molar-refractivity contribution < 1.29 is 17.9 Å². The van der Waals surface area contributed by atoms with Gasteiger partial charge in [0.25, 0.3) is 15.9 Å². The molecule has 0 bridgehead atoms. The Morgan fingerprint density at radius 1 is 0.872 bits per heavy atom. The maximum absolute atomic E-state index is 13.2. The molecule has 5 rings (SSSR count). The summed E-state index contributed by atoms with van der Waals surface area (Å²) < 4.78 is 35.6. The van der Waals surface area contributed by atoms with E-state index in [2.05, 4.69) is 28.9 Å². The van der Waals surface area contributed by atoms with Crippen molar-refractivity contribution in [2.24, 2.45) is 0 Å². The third kappa shape index (κ3) is 5.20. The van der Waals surface area contributed by atoms with Gasteiger partial charge in [-0.05, 0) is 81.4 Å². The second kappa shape index (κ2) is 10.8. The minimum atomic E-state index is -3.70. The lowest BCUT2D eigenvalue weighted by Crippen LogP contribution is -2.30. The molecule has 8 heteroatoms. The first kappa shape index (κ1) is 26.3. The van der Waals surface area contributed by atoms with Gasteiger partial charge in [0.1, 0.15) is 5.75 Å². The van der Waals surface area contributed by atoms with Gasteiger partial charge in [0.05, 0.1) is 10.6 Å². The zero-order chi connectivity index (χ0) is 27.6. The molecule has 0 aliphatic carbocycles. The summed E-state index contributed by atoms with van der Waals surface area (Å²) in [6, 6.07) is 27.6. The third-order valence-corrected chi connectivity index (χ3v) is 8.68. The lowest BCUT2D eigenvalue weighted by Gasteiger charge is -2.23. The fourth-order valence-electron chi connectivity index (χ4n) is 4.86. The summed E-state index contributed by atoms with van der Waals surface area (Å²) in [4.78, 5) is 12.9. The molecule has 0 aliphatic heterocycles. The molecule has 7 nitrogen and oxygen atoms in total. The molecule has 1 amide bonds. The van der Waals surface area contributed by atoms with Gasteiger partial charge in [0, 0.05) is 40.6 Å². The van der Waals surface area contributed by atoms with E-state index in [0.29, 0.717) is 17.1 Å². The van der Waals surface area contributed by atoms with Gasteiger partial charge in [0.2, 0.25) is 0 Å². The van der Waals surface area contributed by atoms with Crippen LogP contribution in [0.3, 0.4) is 0 Å². The van der Waals surface area contributed by atoms with Crippen LogP contribution < -0.4 is 14.4 Å². The minimum Gasteiger partial charge on any atom is -0.484 e. The molecule has 200 valence electrons. The molecular formula is C31H31N3O4S. The van der Waals surface area contributed by atoms with Crippen molar-refractivity contribution in [3.05, 3.63) is 96.6 Å². The summed E-state index contributed by atoms with van der Waals surface area (Å²) in [6.07, 6.45) is 0. The number of aryl methyl sites for hydroxylation is 2. The fourth-order valence-corrected chi connectivity index (χ4v) is 6.33. The number of amides is 1. The van der Waals surface area contributed by atoms with Crippen molar-refractivity contribution in [3.63, 3.8) is 0 Å². The highest BCUT2D eigenvalue weighted by molar-refractivity contribution is 7.92. The third-order valence-electron chi connectivity index (χ3n) is 6.76. The SMILES string of the molecule is CCN(c1ccc(OCC(=O)Nc2ccc3c(c2)c2ccccc2n3CC)cc1)S(=O)(=O)c1ccc(C)cc1. The zero-order valence-electron chi connectivity index (χ0n) is 22.2. The molecule has 0 saturated carbocycles. The topological polar surface area (TPSA) is 80.6 Å². The summed E-state index contributed by atoms with van der Waals surface area (Å²) >= 11 is 0. The molecule has 4 aromatic carbocycles. The van der Waals surface area contributed by atoms with Gasteiger partial charge in [0.15, 0.2) is 6.61 Å². The van der Waals surface area contributed by atoms with Crippen LogP contribution in [0.1, 0.15) is 19.4 Å². The Balaban J connectivity index is 1.25. The first-order valence-corrected chi connectivity index (χ1v) is 14.4. The van der Waals surface area contributed by atoms with Crippen LogP contribution in [0.15, 0.2) is 95.9 Å². The number of hydrogen-bond acceptors (Lipinski definition) is 4. The number of aromatic nitrogens is 1. The Labute approximate surface area is 228 Å². The zero-order valence-corrected chi connectivity index (χ0v) is 23.0. The number of para-hydroxylation sites is 1. The van der Waals surface area contributed by atoms with Crippen LogP contribution in [-0.2, 0) is 21.4 Å². The van der Waals surface area contributed by atoms with Gasteiger partial charge in [-0.2, -0.15) is 0 Å². The van der Waals surface area contributed by atoms with E-state index in [0.717, 1.165) is 28.4 Å². The Hall–Kier alpha value is -4.30. The number of rotatable bonds is 9. The summed E-state index contributed by atoms with van der Waals surface area (Å²) in [5.41, 5.74) is 4.50. The van der Waals surface area contributed by atoms with Gasteiger partial charge in [-0.3, -0.25) is 9.10 Å². The van der Waals surface area contributed by atoms with Gasteiger partial charge in [-0.1, -0.05) is 35.9 Å². The van der Waals surface area contributed by atoms with Crippen LogP contribution in [-0.4, -0.2) is 32.0 Å². The van der Waals surface area contributed by atoms with Gasteiger partial charge in [-0.15, -0.1) is 0 Å². The lowest BCUT2D eigenvalue weighted by molar-refractivity contribution is -0.118. The molecule has 1 N–H and O–H groups in total. The maximum Gasteiger partial charge on any atom is 0.264 e. The predicted molar refractivity (Wildman–Crippen MR) is 157 cm³/mol. The molecule has 0 fully saturated rings. The van der Waals surface area contributed by atoms with E-state index >= 15 is 0 Å². The van der Waals surface area contributed by atoms with Crippen LogP contribution in [0, 0.1) is 6.92 Å². The molecule has 0 saturated heterocycles. The number of anilines is 2. The number of sulfonamides is 1. The van der Waals surface area contributed by atoms with Crippen LogP contribution in [0.25, 0.3) is 21.8 Å². The van der Waals surface area contributed by atoms with Crippen LogP contribution in [0.2, 0.25) is 0 Å². The van der Waals surface area contributed by atoms with E-state index in [9.17, 15) is 13.2 Å². The van der Waals surface area contributed by atoms with E-state index in [-0.39, 0.29) is 24.0 Å². The fraction of sp³-hybridized carbons (Fsp3) is 0.194. The average Bonchev–Trinajstić information content (AvgIpc) is 3.26. The number of hydrogen-bond donors (Lipinski definition) is 1. The Morgan fingerprint density at radius 2 is 1.56 bits per heavy atom. The highest BCUT2D eigenvalue weighted by Crippen LogP contribution is 2.31. The van der Waals surface area contributed by atoms with Crippen molar-refractivity contribution in [1.82, 2.24) is 4.57 Å². The number of nitrogens with one attached hydrogen (secondary N) is 1. The van der Waals surface area contributed by atoms with E-state index in [1.807, 2.05) is 37.3 Å². The molecular weight excluding hydrogens is 510 g/mol. The van der Waals surface area contributed by atoms with E-state index in [4.69, 9.17) is 4.74 Å². The number of benzene rings is 4. The Morgan fingerprint density at radius 3 is 2.26 bits per heavy atom. The Kier molecular flexibility index (Phi) is 7.30. The standard InChI is InChI=1S/C31H31N3O4S/c1-4-33-29-9-7-6-8-27(29)28-20-23(12-19-30(28)33)32-31(35)21-38-25-15-13-24(14-16-25)34(5-2)39(36,37)26-17-10-22(3)11-18-26/h6-20H,4-5,21H2,1-3H3,(H,32,35). The van der Waals surface area contributed by atoms with E-state index < -0.39 is 10.0 Å². The monoisotopic (exact) mass is 541 g/mol. The summed E-state index contributed by atoms with van der Waals surface area (Å²) in [5.74, 6) is 0.189. The molecule has 0 atom stereocenters. The van der Waals surface area contributed by atoms with Gasteiger partial charge < -0.3 is 14.6 Å². The summed E-state index contributed by atoms with van der Waals surface area (Å²) in [7, 11) is -3.70. The highest BCUT2D eigenvalue weighted by atomic mass is 32.2. The number of fused-ring (bicyclic) bond motifs is 3. The highest BCUT2D eigenvalue weighted by Gasteiger charge is 2.23. The van der Waals surface area contributed by atoms with Crippen LogP contribution in [0.4, 0.5) is 11.4 Å². The minimum absolute atomic E-state index is 0.173. The molecule has 39 heavy (non-hydrogen) atoms. The lowest BCUT2D eigenvalue weighted by atomic mass is 10.1. The second-order valence-electron chi connectivity index (χ2n) is 9.31. The molecule has 1 aromatic heterocycles. The largest absolute Gasteiger partial charge is 0.484 e. The number of carbonyl (C=O) groups is 1. The number of carbonyl (C=O) groups excluding carboxylic acids is 1. The number of nitrogens with zero attached hydrogens (tertiary/aromatic N) is 2. The van der Waals surface area contributed by atoms with Gasteiger partial charge in [-0.25, -0.2) is 8.42 Å². The molecule has 0 radical (unpaired) electrons. The van der Waals surface area contributed by atoms with E-state index in [1.54, 1.807) is 55.5 Å². The van der Waals surface area contributed by atoms with Crippen molar-refractivity contribution in [3.8, 4) is 5.75 Å². The van der Waals surface area contributed by atoms with Gasteiger partial charge >= 0.3 is 0 Å².